The minimum atomic E-state index is -3.24. The van der Waals surface area contributed by atoms with E-state index in [1.54, 1.807) is 11.8 Å². The smallest absolute Gasteiger partial charge is 0.264 e. The van der Waals surface area contributed by atoms with Crippen LogP contribution in [0.25, 0.3) is 0 Å². The van der Waals surface area contributed by atoms with Crippen molar-refractivity contribution < 1.29 is 12.6 Å². The highest BCUT2D eigenvalue weighted by Crippen LogP contribution is 2.06. The molecule has 0 spiro atoms. The average Bonchev–Trinajstić information content (AvgIpc) is 1.83. The SMILES string of the molecule is CC(C)CSCCOS(C)(=O)=O. The summed E-state index contributed by atoms with van der Waals surface area (Å²) in [6.45, 7) is 4.55. The zero-order valence-electron chi connectivity index (χ0n) is 7.74. The molecule has 3 nitrogen and oxygen atoms in total. The normalized spacial score (nSPS) is 12.3. The Bertz CT molecular complexity index is 197. The third-order valence-electron chi connectivity index (χ3n) is 0.976. The topological polar surface area (TPSA) is 43.4 Å². The van der Waals surface area contributed by atoms with Crippen molar-refractivity contribution in [2.24, 2.45) is 5.92 Å². The molecule has 0 aromatic rings. The number of rotatable bonds is 6. The molecule has 0 heterocycles. The lowest BCUT2D eigenvalue weighted by molar-refractivity contribution is 0.345. The van der Waals surface area contributed by atoms with E-state index in [9.17, 15) is 8.42 Å². The molecular weight excluding hydrogens is 196 g/mol. The Labute approximate surface area is 79.0 Å². The van der Waals surface area contributed by atoms with Crippen molar-refractivity contribution in [1.82, 2.24) is 0 Å². The van der Waals surface area contributed by atoms with Gasteiger partial charge in [-0.05, 0) is 11.7 Å². The molecule has 0 atom stereocenters. The molecule has 74 valence electrons. The van der Waals surface area contributed by atoms with Crippen LogP contribution in [0, 0.1) is 5.92 Å². The molecule has 0 aliphatic heterocycles. The van der Waals surface area contributed by atoms with Gasteiger partial charge < -0.3 is 0 Å². The van der Waals surface area contributed by atoms with Gasteiger partial charge in [0.05, 0.1) is 12.9 Å². The maximum Gasteiger partial charge on any atom is 0.264 e. The Balaban J connectivity index is 3.23. The first-order valence-electron chi connectivity index (χ1n) is 3.84. The maximum absolute atomic E-state index is 10.5. The molecule has 5 heteroatoms. The van der Waals surface area contributed by atoms with E-state index in [1.807, 2.05) is 0 Å². The summed E-state index contributed by atoms with van der Waals surface area (Å²) in [5.74, 6) is 2.44. The quantitative estimate of drug-likeness (QED) is 0.492. The van der Waals surface area contributed by atoms with Crippen LogP contribution in [0.1, 0.15) is 13.8 Å². The molecule has 0 rings (SSSR count). The molecule has 0 unspecified atom stereocenters. The van der Waals surface area contributed by atoms with Crippen molar-refractivity contribution in [3.8, 4) is 0 Å². The second-order valence-corrected chi connectivity index (χ2v) is 5.79. The summed E-state index contributed by atoms with van der Waals surface area (Å²) in [4.78, 5) is 0. The Morgan fingerprint density at radius 1 is 1.42 bits per heavy atom. The zero-order chi connectivity index (χ0) is 9.61. The Kier molecular flexibility index (Phi) is 5.96. The van der Waals surface area contributed by atoms with Gasteiger partial charge in [0.25, 0.3) is 10.1 Å². The monoisotopic (exact) mass is 212 g/mol. The van der Waals surface area contributed by atoms with Gasteiger partial charge in [-0.2, -0.15) is 20.2 Å². The average molecular weight is 212 g/mol. The van der Waals surface area contributed by atoms with Gasteiger partial charge in [-0.3, -0.25) is 4.18 Å². The molecule has 0 saturated carbocycles. The van der Waals surface area contributed by atoms with Gasteiger partial charge in [0, 0.05) is 5.75 Å². The van der Waals surface area contributed by atoms with Crippen molar-refractivity contribution in [2.75, 3.05) is 24.4 Å². The van der Waals surface area contributed by atoms with Gasteiger partial charge in [-0.15, -0.1) is 0 Å². The van der Waals surface area contributed by atoms with Crippen LogP contribution in [0.2, 0.25) is 0 Å². The maximum atomic E-state index is 10.5. The fraction of sp³-hybridized carbons (Fsp3) is 1.00. The van der Waals surface area contributed by atoms with Crippen LogP contribution in [0.4, 0.5) is 0 Å². The Morgan fingerprint density at radius 3 is 2.42 bits per heavy atom. The van der Waals surface area contributed by atoms with E-state index in [0.29, 0.717) is 5.92 Å². The molecule has 0 radical (unpaired) electrons. The predicted molar refractivity (Wildman–Crippen MR) is 53.0 cm³/mol. The van der Waals surface area contributed by atoms with Crippen LogP contribution < -0.4 is 0 Å². The van der Waals surface area contributed by atoms with Crippen LogP contribution >= 0.6 is 11.8 Å². The van der Waals surface area contributed by atoms with Gasteiger partial charge >= 0.3 is 0 Å². The summed E-state index contributed by atoms with van der Waals surface area (Å²) in [5, 5.41) is 0. The van der Waals surface area contributed by atoms with Crippen LogP contribution in [-0.2, 0) is 14.3 Å². The van der Waals surface area contributed by atoms with E-state index in [-0.39, 0.29) is 6.61 Å². The molecule has 0 bridgehead atoms. The molecule has 0 N–H and O–H groups in total. The van der Waals surface area contributed by atoms with Crippen molar-refractivity contribution in [1.29, 1.82) is 0 Å². The highest BCUT2D eigenvalue weighted by Gasteiger charge is 2.00. The van der Waals surface area contributed by atoms with Crippen molar-refractivity contribution in [3.63, 3.8) is 0 Å². The predicted octanol–water partition coefficient (Wildman–Crippen LogP) is 1.35. The number of thioether (sulfide) groups is 1. The lowest BCUT2D eigenvalue weighted by atomic mass is 10.3. The van der Waals surface area contributed by atoms with Gasteiger partial charge in [0.1, 0.15) is 0 Å². The molecule has 12 heavy (non-hydrogen) atoms. The van der Waals surface area contributed by atoms with E-state index >= 15 is 0 Å². The molecule has 0 fully saturated rings. The van der Waals surface area contributed by atoms with Crippen molar-refractivity contribution in [3.05, 3.63) is 0 Å². The minimum Gasteiger partial charge on any atom is -0.269 e. The third kappa shape index (κ3) is 10.3. The molecule has 0 aromatic heterocycles. The second-order valence-electron chi connectivity index (χ2n) is 2.99. The summed E-state index contributed by atoms with van der Waals surface area (Å²) in [6.07, 6.45) is 1.07. The molecular formula is C7H16O3S2. The number of hydrogen-bond donors (Lipinski definition) is 0. The highest BCUT2D eigenvalue weighted by atomic mass is 32.2. The number of hydrogen-bond acceptors (Lipinski definition) is 4. The lowest BCUT2D eigenvalue weighted by Crippen LogP contribution is -2.06. The molecule has 0 aliphatic rings. The van der Waals surface area contributed by atoms with E-state index < -0.39 is 10.1 Å². The van der Waals surface area contributed by atoms with E-state index in [0.717, 1.165) is 17.8 Å². The van der Waals surface area contributed by atoms with Crippen molar-refractivity contribution in [2.45, 2.75) is 13.8 Å². The minimum absolute atomic E-state index is 0.288. The molecule has 0 saturated heterocycles. The fourth-order valence-corrected chi connectivity index (χ4v) is 1.89. The first kappa shape index (κ1) is 12.3. The van der Waals surface area contributed by atoms with Crippen LogP contribution in [0.15, 0.2) is 0 Å². The first-order valence-corrected chi connectivity index (χ1v) is 6.81. The van der Waals surface area contributed by atoms with E-state index in [2.05, 4.69) is 18.0 Å². The summed E-state index contributed by atoms with van der Waals surface area (Å²) in [6, 6.07) is 0. The van der Waals surface area contributed by atoms with Gasteiger partial charge in [-0.25, -0.2) is 0 Å². The molecule has 0 amide bonds. The van der Waals surface area contributed by atoms with Gasteiger partial charge in [0.2, 0.25) is 0 Å². The first-order chi connectivity index (χ1) is 5.42. The summed E-state index contributed by atoms with van der Waals surface area (Å²) in [5.41, 5.74) is 0. The fourth-order valence-electron chi connectivity index (χ4n) is 0.563. The third-order valence-corrected chi connectivity index (χ3v) is 2.93. The highest BCUT2D eigenvalue weighted by molar-refractivity contribution is 7.99. The summed E-state index contributed by atoms with van der Waals surface area (Å²) >= 11 is 1.71. The van der Waals surface area contributed by atoms with Gasteiger partial charge in [-0.1, -0.05) is 13.8 Å². The van der Waals surface area contributed by atoms with Gasteiger partial charge in [0.15, 0.2) is 0 Å². The lowest BCUT2D eigenvalue weighted by Gasteiger charge is -2.03. The largest absolute Gasteiger partial charge is 0.269 e. The van der Waals surface area contributed by atoms with Crippen LogP contribution in [0.3, 0.4) is 0 Å². The van der Waals surface area contributed by atoms with Crippen LogP contribution in [0.5, 0.6) is 0 Å². The van der Waals surface area contributed by atoms with Crippen molar-refractivity contribution >= 4 is 21.9 Å². The summed E-state index contributed by atoms with van der Waals surface area (Å²) < 4.78 is 25.6. The second kappa shape index (κ2) is 5.83. The molecule has 0 aliphatic carbocycles. The van der Waals surface area contributed by atoms with E-state index in [1.165, 1.54) is 0 Å². The zero-order valence-corrected chi connectivity index (χ0v) is 9.37. The standard InChI is InChI=1S/C7H16O3S2/c1-7(2)6-11-5-4-10-12(3,8)9/h7H,4-6H2,1-3H3. The van der Waals surface area contributed by atoms with Crippen LogP contribution in [-0.4, -0.2) is 32.8 Å². The van der Waals surface area contributed by atoms with E-state index in [4.69, 9.17) is 0 Å². The Hall–Kier alpha value is 0.260. The Morgan fingerprint density at radius 2 is 2.00 bits per heavy atom. The summed E-state index contributed by atoms with van der Waals surface area (Å²) in [7, 11) is -3.24. The molecule has 0 aromatic carbocycles.